The molecular formula is C72H140O17P2. The summed E-state index contributed by atoms with van der Waals surface area (Å²) in [5.74, 6) is -0.647. The lowest BCUT2D eigenvalue weighted by Crippen LogP contribution is -2.30. The zero-order valence-electron chi connectivity index (χ0n) is 59.1. The quantitative estimate of drug-likeness (QED) is 0.0222. The summed E-state index contributed by atoms with van der Waals surface area (Å²) in [4.78, 5) is 72.6. The lowest BCUT2D eigenvalue weighted by Gasteiger charge is -2.21. The van der Waals surface area contributed by atoms with Crippen molar-refractivity contribution in [2.45, 2.75) is 387 Å². The molecule has 5 atom stereocenters. The van der Waals surface area contributed by atoms with Crippen molar-refractivity contribution in [1.82, 2.24) is 0 Å². The fourth-order valence-corrected chi connectivity index (χ4v) is 12.5. The molecule has 0 spiro atoms. The number of carbonyl (C=O) groups is 4. The van der Waals surface area contributed by atoms with E-state index in [2.05, 4.69) is 41.5 Å². The molecule has 2 unspecified atom stereocenters. The molecule has 0 aliphatic heterocycles. The number of carbonyl (C=O) groups excluding carboxylic acids is 4. The number of phosphoric ester groups is 2. The number of phosphoric acid groups is 2. The van der Waals surface area contributed by atoms with Gasteiger partial charge in [0.25, 0.3) is 0 Å². The molecule has 0 saturated carbocycles. The first kappa shape index (κ1) is 89.1. The average Bonchev–Trinajstić information content (AvgIpc) is 2.65. The van der Waals surface area contributed by atoms with E-state index in [1.807, 2.05) is 0 Å². The van der Waals surface area contributed by atoms with Crippen LogP contribution in [0.3, 0.4) is 0 Å². The standard InChI is InChI=1S/C72H140O17P2/c1-7-9-11-13-15-17-19-20-21-25-28-32-35-42-48-54-69(74)82-60-67(88-72(77)57-51-45-37-33-29-26-23-22-24-27-30-34-40-46-52-64(3)4)62-86-90(78,79)84-58-66(73)59-85-91(80,81)87-63-68(61-83-70(75)55-49-43-39-38-41-47-53-65(5)6)89-71(76)56-50-44-36-31-18-16-14-12-10-8-2/h64-68,73H,7-63H2,1-6H3,(H,78,79)(H,80,81)/t66-,67-,68-/m1/s1. The first-order valence-corrected chi connectivity index (χ1v) is 40.5. The van der Waals surface area contributed by atoms with Crippen LogP contribution in [0.4, 0.5) is 0 Å². The molecule has 0 bridgehead atoms. The summed E-state index contributed by atoms with van der Waals surface area (Å²) in [6.45, 7) is 9.50. The van der Waals surface area contributed by atoms with Crippen molar-refractivity contribution in [3.63, 3.8) is 0 Å². The molecule has 91 heavy (non-hydrogen) atoms. The zero-order chi connectivity index (χ0) is 67.2. The molecule has 0 fully saturated rings. The minimum absolute atomic E-state index is 0.105. The van der Waals surface area contributed by atoms with E-state index in [1.165, 1.54) is 180 Å². The van der Waals surface area contributed by atoms with E-state index in [4.69, 9.17) is 37.0 Å². The van der Waals surface area contributed by atoms with Gasteiger partial charge in [-0.25, -0.2) is 9.13 Å². The largest absolute Gasteiger partial charge is 0.472 e. The predicted octanol–water partition coefficient (Wildman–Crippen LogP) is 20.8. The third kappa shape index (κ3) is 66.5. The summed E-state index contributed by atoms with van der Waals surface area (Å²) in [6, 6.07) is 0. The number of unbranched alkanes of at least 4 members (excludes halogenated alkanes) is 41. The average molecular weight is 1340 g/mol. The summed E-state index contributed by atoms with van der Waals surface area (Å²) >= 11 is 0. The second-order valence-electron chi connectivity index (χ2n) is 26.9. The number of ether oxygens (including phenoxy) is 4. The summed E-state index contributed by atoms with van der Waals surface area (Å²) in [5, 5.41) is 10.6. The number of aliphatic hydroxyl groups excluding tert-OH is 1. The Morgan fingerprint density at radius 1 is 0.297 bits per heavy atom. The number of hydrogen-bond donors (Lipinski definition) is 3. The van der Waals surface area contributed by atoms with E-state index in [-0.39, 0.29) is 25.7 Å². The molecule has 0 heterocycles. The molecule has 19 heteroatoms. The lowest BCUT2D eigenvalue weighted by atomic mass is 10.0. The number of hydrogen-bond acceptors (Lipinski definition) is 15. The maximum absolute atomic E-state index is 13.0. The molecule has 0 amide bonds. The highest BCUT2D eigenvalue weighted by Gasteiger charge is 2.30. The van der Waals surface area contributed by atoms with Crippen LogP contribution in [0.25, 0.3) is 0 Å². The maximum Gasteiger partial charge on any atom is 0.472 e. The molecule has 17 nitrogen and oxygen atoms in total. The van der Waals surface area contributed by atoms with Gasteiger partial charge in [0.15, 0.2) is 12.2 Å². The van der Waals surface area contributed by atoms with Gasteiger partial charge in [-0.3, -0.25) is 37.3 Å². The molecule has 0 aromatic heterocycles. The van der Waals surface area contributed by atoms with Crippen molar-refractivity contribution in [1.29, 1.82) is 0 Å². The number of aliphatic hydroxyl groups is 1. The van der Waals surface area contributed by atoms with Gasteiger partial charge in [-0.05, 0) is 37.5 Å². The summed E-state index contributed by atoms with van der Waals surface area (Å²) in [6.07, 6.45) is 50.1. The summed E-state index contributed by atoms with van der Waals surface area (Å²) < 4.78 is 68.3. The van der Waals surface area contributed by atoms with E-state index in [9.17, 15) is 43.2 Å². The van der Waals surface area contributed by atoms with Crippen LogP contribution in [0.5, 0.6) is 0 Å². The molecule has 0 aromatic carbocycles. The van der Waals surface area contributed by atoms with Gasteiger partial charge in [-0.15, -0.1) is 0 Å². The highest BCUT2D eigenvalue weighted by Crippen LogP contribution is 2.45. The van der Waals surface area contributed by atoms with Crippen LogP contribution >= 0.6 is 15.6 Å². The first-order chi connectivity index (χ1) is 43.9. The highest BCUT2D eigenvalue weighted by atomic mass is 31.2. The van der Waals surface area contributed by atoms with E-state index in [0.717, 1.165) is 102 Å². The molecule has 0 aliphatic carbocycles. The van der Waals surface area contributed by atoms with Crippen molar-refractivity contribution < 1.29 is 80.2 Å². The van der Waals surface area contributed by atoms with Crippen LogP contribution in [-0.4, -0.2) is 96.7 Å². The maximum atomic E-state index is 13.0. The summed E-state index contributed by atoms with van der Waals surface area (Å²) in [7, 11) is -9.90. The molecule has 0 saturated heterocycles. The van der Waals surface area contributed by atoms with Gasteiger partial charge >= 0.3 is 39.5 Å². The van der Waals surface area contributed by atoms with E-state index in [1.54, 1.807) is 0 Å². The van der Waals surface area contributed by atoms with Crippen molar-refractivity contribution >= 4 is 39.5 Å². The van der Waals surface area contributed by atoms with Gasteiger partial charge in [-0.2, -0.15) is 0 Å². The second-order valence-corrected chi connectivity index (χ2v) is 29.8. The Balaban J connectivity index is 5.22. The van der Waals surface area contributed by atoms with Crippen LogP contribution in [0.1, 0.15) is 369 Å². The van der Waals surface area contributed by atoms with Crippen LogP contribution in [0, 0.1) is 11.8 Å². The van der Waals surface area contributed by atoms with Gasteiger partial charge in [0, 0.05) is 25.7 Å². The van der Waals surface area contributed by atoms with Crippen LogP contribution in [-0.2, 0) is 65.4 Å². The Labute approximate surface area is 556 Å². The fraction of sp³-hybridized carbons (Fsp3) is 0.944. The smallest absolute Gasteiger partial charge is 0.462 e. The van der Waals surface area contributed by atoms with Gasteiger partial charge in [0.05, 0.1) is 26.4 Å². The lowest BCUT2D eigenvalue weighted by molar-refractivity contribution is -0.161. The van der Waals surface area contributed by atoms with Crippen LogP contribution in [0.2, 0.25) is 0 Å². The van der Waals surface area contributed by atoms with Gasteiger partial charge in [0.1, 0.15) is 19.3 Å². The van der Waals surface area contributed by atoms with E-state index >= 15 is 0 Å². The summed E-state index contributed by atoms with van der Waals surface area (Å²) in [5.41, 5.74) is 0. The van der Waals surface area contributed by atoms with Crippen molar-refractivity contribution in [2.24, 2.45) is 11.8 Å². The van der Waals surface area contributed by atoms with Crippen LogP contribution in [0.15, 0.2) is 0 Å². The third-order valence-corrected chi connectivity index (χ3v) is 18.6. The van der Waals surface area contributed by atoms with E-state index in [0.29, 0.717) is 31.6 Å². The normalized spacial score (nSPS) is 14.1. The molecule has 3 N–H and O–H groups in total. The van der Waals surface area contributed by atoms with Crippen molar-refractivity contribution in [3.05, 3.63) is 0 Å². The third-order valence-electron chi connectivity index (χ3n) is 16.7. The predicted molar refractivity (Wildman–Crippen MR) is 368 cm³/mol. The van der Waals surface area contributed by atoms with Gasteiger partial charge < -0.3 is 33.8 Å². The second kappa shape index (κ2) is 64.1. The zero-order valence-corrected chi connectivity index (χ0v) is 60.9. The minimum Gasteiger partial charge on any atom is -0.462 e. The molecule has 0 aromatic rings. The first-order valence-electron chi connectivity index (χ1n) is 37.5. The molecular weight excluding hydrogens is 1200 g/mol. The number of rotatable bonds is 71. The minimum atomic E-state index is -4.95. The molecule has 540 valence electrons. The molecule has 0 rings (SSSR count). The molecule has 0 radical (unpaired) electrons. The SMILES string of the molecule is CCCCCCCCCCCCCCCCCC(=O)OC[C@H](COP(=O)(O)OC[C@@H](O)COP(=O)(O)OC[C@@H](COC(=O)CCCCCCCCC(C)C)OC(=O)CCCCCCCCCCCC)OC(=O)CCCCCCCCCCCCCCCCC(C)C. The topological polar surface area (TPSA) is 237 Å². The van der Waals surface area contributed by atoms with Crippen molar-refractivity contribution in [2.75, 3.05) is 39.6 Å². The Morgan fingerprint density at radius 3 is 0.747 bits per heavy atom. The Kier molecular flexibility index (Phi) is 62.7. The number of esters is 4. The van der Waals surface area contributed by atoms with Crippen LogP contribution < -0.4 is 0 Å². The highest BCUT2D eigenvalue weighted by molar-refractivity contribution is 7.47. The Morgan fingerprint density at radius 2 is 0.505 bits per heavy atom. The van der Waals surface area contributed by atoms with Crippen molar-refractivity contribution in [3.8, 4) is 0 Å². The van der Waals surface area contributed by atoms with Gasteiger partial charge in [-0.1, -0.05) is 318 Å². The van der Waals surface area contributed by atoms with Gasteiger partial charge in [0.2, 0.25) is 0 Å². The Bertz CT molecular complexity index is 1770. The monoisotopic (exact) mass is 1340 g/mol. The van der Waals surface area contributed by atoms with E-state index < -0.39 is 97.5 Å². The fourth-order valence-electron chi connectivity index (χ4n) is 10.9. The molecule has 0 aliphatic rings. The Hall–Kier alpha value is -1.94.